The quantitative estimate of drug-likeness (QED) is 0.860. The summed E-state index contributed by atoms with van der Waals surface area (Å²) in [4.78, 5) is 30.6. The molecule has 2 heterocycles. The van der Waals surface area contributed by atoms with Crippen molar-refractivity contribution in [2.24, 2.45) is 5.92 Å². The highest BCUT2D eigenvalue weighted by molar-refractivity contribution is 5.82. The molecule has 0 aliphatic carbocycles. The SMILES string of the molecule is CNC(=O)C1CN(C(=O)NCc2ccc(C)cc2)CC1c1nc(C)no1. The molecule has 0 radical (unpaired) electrons. The van der Waals surface area contributed by atoms with Crippen molar-refractivity contribution in [2.45, 2.75) is 26.3 Å². The average molecular weight is 357 g/mol. The Kier molecular flexibility index (Phi) is 5.20. The van der Waals surface area contributed by atoms with Crippen LogP contribution >= 0.6 is 0 Å². The maximum Gasteiger partial charge on any atom is 0.317 e. The second kappa shape index (κ2) is 7.55. The van der Waals surface area contributed by atoms with E-state index < -0.39 is 5.92 Å². The van der Waals surface area contributed by atoms with Crippen molar-refractivity contribution >= 4 is 11.9 Å². The van der Waals surface area contributed by atoms with E-state index in [2.05, 4.69) is 20.8 Å². The molecule has 1 fully saturated rings. The van der Waals surface area contributed by atoms with Crippen molar-refractivity contribution in [2.75, 3.05) is 20.1 Å². The molecule has 2 N–H and O–H groups in total. The number of benzene rings is 1. The van der Waals surface area contributed by atoms with E-state index >= 15 is 0 Å². The molecule has 1 aliphatic rings. The van der Waals surface area contributed by atoms with E-state index in [4.69, 9.17) is 4.52 Å². The zero-order valence-electron chi connectivity index (χ0n) is 15.2. The zero-order valence-corrected chi connectivity index (χ0v) is 15.2. The van der Waals surface area contributed by atoms with E-state index in [1.807, 2.05) is 31.2 Å². The lowest BCUT2D eigenvalue weighted by molar-refractivity contribution is -0.124. The van der Waals surface area contributed by atoms with Gasteiger partial charge in [0.1, 0.15) is 0 Å². The topological polar surface area (TPSA) is 100 Å². The van der Waals surface area contributed by atoms with Crippen molar-refractivity contribution in [3.8, 4) is 0 Å². The maximum atomic E-state index is 12.5. The minimum atomic E-state index is -0.412. The van der Waals surface area contributed by atoms with Crippen LogP contribution in [0.3, 0.4) is 0 Å². The number of hydrogen-bond acceptors (Lipinski definition) is 5. The minimum Gasteiger partial charge on any atom is -0.359 e. The summed E-state index contributed by atoms with van der Waals surface area (Å²) < 4.78 is 5.24. The van der Waals surface area contributed by atoms with Crippen LogP contribution in [0.25, 0.3) is 0 Å². The summed E-state index contributed by atoms with van der Waals surface area (Å²) in [6, 6.07) is 7.77. The highest BCUT2D eigenvalue weighted by Crippen LogP contribution is 2.32. The molecular weight excluding hydrogens is 334 g/mol. The molecule has 0 bridgehead atoms. The lowest BCUT2D eigenvalue weighted by Gasteiger charge is -2.17. The number of carbonyl (C=O) groups is 2. The number of likely N-dealkylation sites (tertiary alicyclic amines) is 1. The van der Waals surface area contributed by atoms with Crippen LogP contribution in [0, 0.1) is 19.8 Å². The van der Waals surface area contributed by atoms with Crippen molar-refractivity contribution in [3.63, 3.8) is 0 Å². The smallest absolute Gasteiger partial charge is 0.317 e. The molecule has 1 aliphatic heterocycles. The monoisotopic (exact) mass is 357 g/mol. The largest absolute Gasteiger partial charge is 0.359 e. The Balaban J connectivity index is 1.67. The Morgan fingerprint density at radius 1 is 1.23 bits per heavy atom. The van der Waals surface area contributed by atoms with Gasteiger partial charge in [-0.25, -0.2) is 4.79 Å². The summed E-state index contributed by atoms with van der Waals surface area (Å²) >= 11 is 0. The van der Waals surface area contributed by atoms with Gasteiger partial charge in [0, 0.05) is 26.7 Å². The molecule has 2 unspecified atom stereocenters. The third kappa shape index (κ3) is 3.84. The lowest BCUT2D eigenvalue weighted by Crippen LogP contribution is -2.39. The summed E-state index contributed by atoms with van der Waals surface area (Å²) in [7, 11) is 1.58. The zero-order chi connectivity index (χ0) is 18.7. The number of hydrogen-bond donors (Lipinski definition) is 2. The minimum absolute atomic E-state index is 0.139. The Bertz CT molecular complexity index is 786. The van der Waals surface area contributed by atoms with Crippen LogP contribution in [0.2, 0.25) is 0 Å². The Labute approximate surface area is 151 Å². The molecule has 3 rings (SSSR count). The van der Waals surface area contributed by atoms with Gasteiger partial charge in [0.15, 0.2) is 5.82 Å². The molecule has 3 amide bonds. The van der Waals surface area contributed by atoms with Crippen molar-refractivity contribution < 1.29 is 14.1 Å². The molecule has 1 aromatic heterocycles. The third-order valence-corrected chi connectivity index (χ3v) is 4.62. The molecule has 0 saturated carbocycles. The van der Waals surface area contributed by atoms with Crippen LogP contribution in [-0.2, 0) is 11.3 Å². The first-order valence-electron chi connectivity index (χ1n) is 8.58. The summed E-state index contributed by atoms with van der Waals surface area (Å²) in [6.07, 6.45) is 0. The predicted molar refractivity (Wildman–Crippen MR) is 94.3 cm³/mol. The molecule has 2 aromatic rings. The Morgan fingerprint density at radius 2 is 1.96 bits per heavy atom. The Morgan fingerprint density at radius 3 is 2.58 bits per heavy atom. The molecule has 26 heavy (non-hydrogen) atoms. The van der Waals surface area contributed by atoms with Crippen LogP contribution in [-0.4, -0.2) is 47.1 Å². The van der Waals surface area contributed by atoms with E-state index in [0.717, 1.165) is 5.56 Å². The molecule has 2 atom stereocenters. The summed E-state index contributed by atoms with van der Waals surface area (Å²) in [5.74, 6) is 0.0498. The fourth-order valence-corrected chi connectivity index (χ4v) is 3.13. The number of rotatable bonds is 4. The second-order valence-corrected chi connectivity index (χ2v) is 6.56. The normalized spacial score (nSPS) is 19.4. The Hall–Kier alpha value is -2.90. The highest BCUT2D eigenvalue weighted by atomic mass is 16.5. The van der Waals surface area contributed by atoms with Gasteiger partial charge in [-0.2, -0.15) is 4.98 Å². The third-order valence-electron chi connectivity index (χ3n) is 4.62. The van der Waals surface area contributed by atoms with Gasteiger partial charge in [-0.3, -0.25) is 4.79 Å². The maximum absolute atomic E-state index is 12.5. The van der Waals surface area contributed by atoms with Gasteiger partial charge < -0.3 is 20.1 Å². The fraction of sp³-hybridized carbons (Fsp3) is 0.444. The molecular formula is C18H23N5O3. The van der Waals surface area contributed by atoms with Crippen molar-refractivity contribution in [3.05, 3.63) is 47.1 Å². The van der Waals surface area contributed by atoms with E-state index in [0.29, 0.717) is 31.3 Å². The lowest BCUT2D eigenvalue weighted by atomic mass is 9.95. The predicted octanol–water partition coefficient (Wildman–Crippen LogP) is 1.36. The first kappa shape index (κ1) is 17.9. The summed E-state index contributed by atoms with van der Waals surface area (Å²) in [5, 5.41) is 9.35. The molecule has 1 saturated heterocycles. The first-order chi connectivity index (χ1) is 12.5. The van der Waals surface area contributed by atoms with E-state index in [-0.39, 0.29) is 17.9 Å². The first-order valence-corrected chi connectivity index (χ1v) is 8.58. The highest BCUT2D eigenvalue weighted by Gasteiger charge is 2.43. The van der Waals surface area contributed by atoms with Gasteiger partial charge in [-0.15, -0.1) is 0 Å². The van der Waals surface area contributed by atoms with Gasteiger partial charge >= 0.3 is 6.03 Å². The number of nitrogens with zero attached hydrogens (tertiary/aromatic N) is 3. The molecule has 0 spiro atoms. The van der Waals surface area contributed by atoms with E-state index in [9.17, 15) is 9.59 Å². The molecule has 8 heteroatoms. The van der Waals surface area contributed by atoms with Crippen LogP contribution in [0.15, 0.2) is 28.8 Å². The summed E-state index contributed by atoms with van der Waals surface area (Å²) in [5.41, 5.74) is 2.20. The average Bonchev–Trinajstić information content (AvgIpc) is 3.26. The number of carbonyl (C=O) groups excluding carboxylic acids is 2. The van der Waals surface area contributed by atoms with Gasteiger partial charge in [-0.1, -0.05) is 35.0 Å². The van der Waals surface area contributed by atoms with Crippen molar-refractivity contribution in [1.29, 1.82) is 0 Å². The van der Waals surface area contributed by atoms with Crippen molar-refractivity contribution in [1.82, 2.24) is 25.7 Å². The standard InChI is InChI=1S/C18H23N5O3/c1-11-4-6-13(7-5-11)8-20-18(25)23-9-14(16(24)19-3)15(10-23)17-21-12(2)22-26-17/h4-7,14-15H,8-10H2,1-3H3,(H,19,24)(H,20,25). The number of aryl methyl sites for hydroxylation is 2. The van der Waals surface area contributed by atoms with Gasteiger partial charge in [0.25, 0.3) is 0 Å². The van der Waals surface area contributed by atoms with E-state index in [1.54, 1.807) is 18.9 Å². The molecule has 8 nitrogen and oxygen atoms in total. The van der Waals surface area contributed by atoms with Gasteiger partial charge in [0.2, 0.25) is 11.8 Å². The van der Waals surface area contributed by atoms with Crippen LogP contribution in [0.1, 0.15) is 28.8 Å². The fourth-order valence-electron chi connectivity index (χ4n) is 3.13. The second-order valence-electron chi connectivity index (χ2n) is 6.56. The number of aromatic nitrogens is 2. The molecule has 138 valence electrons. The van der Waals surface area contributed by atoms with Crippen LogP contribution in [0.5, 0.6) is 0 Å². The van der Waals surface area contributed by atoms with Gasteiger partial charge in [0.05, 0.1) is 11.8 Å². The number of nitrogens with one attached hydrogen (secondary N) is 2. The van der Waals surface area contributed by atoms with Crippen LogP contribution < -0.4 is 10.6 Å². The number of amides is 3. The number of urea groups is 1. The molecule has 1 aromatic carbocycles. The summed E-state index contributed by atoms with van der Waals surface area (Å²) in [6.45, 7) is 4.85. The van der Waals surface area contributed by atoms with E-state index in [1.165, 1.54) is 5.56 Å². The van der Waals surface area contributed by atoms with Crippen LogP contribution in [0.4, 0.5) is 4.79 Å². The van der Waals surface area contributed by atoms with Gasteiger partial charge in [-0.05, 0) is 19.4 Å².